The summed E-state index contributed by atoms with van der Waals surface area (Å²) in [6, 6.07) is 7.48. The molecule has 1 aromatic heterocycles. The third-order valence-electron chi connectivity index (χ3n) is 3.78. The summed E-state index contributed by atoms with van der Waals surface area (Å²) in [4.78, 5) is 13.8. The Kier molecular flexibility index (Phi) is 4.41. The molecule has 1 saturated heterocycles. The number of rotatable bonds is 6. The summed E-state index contributed by atoms with van der Waals surface area (Å²) >= 11 is 1.30. The Morgan fingerprint density at radius 1 is 1.29 bits per heavy atom. The first-order chi connectivity index (χ1) is 10.2. The van der Waals surface area contributed by atoms with E-state index in [0.717, 1.165) is 28.8 Å². The number of carbonyl (C=O) groups is 1. The van der Waals surface area contributed by atoms with Gasteiger partial charge in [0.15, 0.2) is 0 Å². The third-order valence-corrected chi connectivity index (χ3v) is 4.89. The SMILES string of the molecule is O=C(O)c1cc2cc(OCCCN3CCCC3)ccc2s1. The molecule has 0 saturated carbocycles. The lowest BCUT2D eigenvalue weighted by Gasteiger charge is -2.14. The average molecular weight is 305 g/mol. The maximum atomic E-state index is 11.0. The van der Waals surface area contributed by atoms with Gasteiger partial charge in [-0.15, -0.1) is 11.3 Å². The Hall–Kier alpha value is -1.59. The topological polar surface area (TPSA) is 49.8 Å². The van der Waals surface area contributed by atoms with Crippen molar-refractivity contribution in [2.45, 2.75) is 19.3 Å². The van der Waals surface area contributed by atoms with Gasteiger partial charge in [-0.3, -0.25) is 0 Å². The minimum atomic E-state index is -0.871. The van der Waals surface area contributed by atoms with Crippen LogP contribution >= 0.6 is 11.3 Å². The van der Waals surface area contributed by atoms with Crippen LogP contribution in [0, 0.1) is 0 Å². The summed E-state index contributed by atoms with van der Waals surface area (Å²) in [5.41, 5.74) is 0. The second-order valence-electron chi connectivity index (χ2n) is 5.37. The molecule has 0 spiro atoms. The van der Waals surface area contributed by atoms with Gasteiger partial charge in [-0.1, -0.05) is 0 Å². The van der Waals surface area contributed by atoms with E-state index in [1.165, 1.54) is 37.3 Å². The molecule has 1 fully saturated rings. The van der Waals surface area contributed by atoms with Crippen LogP contribution in [0.4, 0.5) is 0 Å². The largest absolute Gasteiger partial charge is 0.494 e. The van der Waals surface area contributed by atoms with Gasteiger partial charge in [-0.05, 0) is 62.0 Å². The summed E-state index contributed by atoms with van der Waals surface area (Å²) in [6.45, 7) is 4.25. The monoisotopic (exact) mass is 305 g/mol. The van der Waals surface area contributed by atoms with Gasteiger partial charge in [0.2, 0.25) is 0 Å². The molecule has 1 aliphatic rings. The standard InChI is InChI=1S/C16H19NO3S/c18-16(19)15-11-12-10-13(4-5-14(12)21-15)20-9-3-8-17-6-1-2-7-17/h4-5,10-11H,1-3,6-9H2,(H,18,19). The van der Waals surface area contributed by atoms with Gasteiger partial charge in [-0.25, -0.2) is 4.79 Å². The van der Waals surface area contributed by atoms with Crippen molar-refractivity contribution in [2.24, 2.45) is 0 Å². The van der Waals surface area contributed by atoms with E-state index in [2.05, 4.69) is 4.90 Å². The maximum absolute atomic E-state index is 11.0. The van der Waals surface area contributed by atoms with Crippen molar-refractivity contribution in [2.75, 3.05) is 26.2 Å². The Morgan fingerprint density at radius 3 is 2.86 bits per heavy atom. The average Bonchev–Trinajstić information content (AvgIpc) is 3.12. The second-order valence-corrected chi connectivity index (χ2v) is 6.45. The lowest BCUT2D eigenvalue weighted by atomic mass is 10.2. The normalized spacial score (nSPS) is 15.6. The molecule has 0 aliphatic carbocycles. The first-order valence-electron chi connectivity index (χ1n) is 7.34. The van der Waals surface area contributed by atoms with Gasteiger partial charge in [-0.2, -0.15) is 0 Å². The van der Waals surface area contributed by atoms with Gasteiger partial charge < -0.3 is 14.7 Å². The number of fused-ring (bicyclic) bond motifs is 1. The van der Waals surface area contributed by atoms with E-state index < -0.39 is 5.97 Å². The minimum Gasteiger partial charge on any atom is -0.494 e. The van der Waals surface area contributed by atoms with Crippen LogP contribution < -0.4 is 4.74 Å². The number of aromatic carboxylic acids is 1. The number of hydrogen-bond acceptors (Lipinski definition) is 4. The molecule has 0 amide bonds. The van der Waals surface area contributed by atoms with Crippen molar-refractivity contribution >= 4 is 27.4 Å². The van der Waals surface area contributed by atoms with Crippen molar-refractivity contribution in [3.63, 3.8) is 0 Å². The molecule has 21 heavy (non-hydrogen) atoms. The van der Waals surface area contributed by atoms with Gasteiger partial charge >= 0.3 is 5.97 Å². The van der Waals surface area contributed by atoms with Crippen molar-refractivity contribution < 1.29 is 14.6 Å². The van der Waals surface area contributed by atoms with Crippen LogP contribution in [-0.4, -0.2) is 42.2 Å². The van der Waals surface area contributed by atoms with E-state index in [4.69, 9.17) is 9.84 Å². The Labute approximate surface area is 127 Å². The van der Waals surface area contributed by atoms with Crippen LogP contribution in [0.2, 0.25) is 0 Å². The van der Waals surface area contributed by atoms with Gasteiger partial charge in [0.25, 0.3) is 0 Å². The fourth-order valence-electron chi connectivity index (χ4n) is 2.70. The van der Waals surface area contributed by atoms with Crippen molar-refractivity contribution in [3.05, 3.63) is 29.1 Å². The van der Waals surface area contributed by atoms with Gasteiger partial charge in [0.05, 0.1) is 6.61 Å². The molecular weight excluding hydrogens is 286 g/mol. The molecule has 112 valence electrons. The zero-order valence-electron chi connectivity index (χ0n) is 11.9. The summed E-state index contributed by atoms with van der Waals surface area (Å²) in [6.07, 6.45) is 3.67. The molecule has 0 bridgehead atoms. The summed E-state index contributed by atoms with van der Waals surface area (Å²) in [7, 11) is 0. The van der Waals surface area contributed by atoms with E-state index in [-0.39, 0.29) is 0 Å². The predicted octanol–water partition coefficient (Wildman–Crippen LogP) is 3.46. The van der Waals surface area contributed by atoms with Crippen molar-refractivity contribution in [3.8, 4) is 5.75 Å². The van der Waals surface area contributed by atoms with Gasteiger partial charge in [0.1, 0.15) is 10.6 Å². The highest BCUT2D eigenvalue weighted by atomic mass is 32.1. The predicted molar refractivity (Wildman–Crippen MR) is 84.6 cm³/mol. The molecule has 1 aliphatic heterocycles. The maximum Gasteiger partial charge on any atom is 0.345 e. The number of nitrogens with zero attached hydrogens (tertiary/aromatic N) is 1. The van der Waals surface area contributed by atoms with E-state index in [1.54, 1.807) is 6.07 Å². The van der Waals surface area contributed by atoms with Crippen LogP contribution in [0.5, 0.6) is 5.75 Å². The third kappa shape index (κ3) is 3.54. The quantitative estimate of drug-likeness (QED) is 0.830. The first kappa shape index (κ1) is 14.4. The first-order valence-corrected chi connectivity index (χ1v) is 8.16. The van der Waals surface area contributed by atoms with E-state index >= 15 is 0 Å². The highest BCUT2D eigenvalue weighted by Gasteiger charge is 2.11. The number of benzene rings is 1. The zero-order chi connectivity index (χ0) is 14.7. The summed E-state index contributed by atoms with van der Waals surface area (Å²) < 4.78 is 6.76. The van der Waals surface area contributed by atoms with Crippen LogP contribution in [0.1, 0.15) is 28.9 Å². The van der Waals surface area contributed by atoms with E-state index in [0.29, 0.717) is 11.5 Å². The van der Waals surface area contributed by atoms with Crippen LogP contribution in [-0.2, 0) is 0 Å². The molecule has 5 heteroatoms. The van der Waals surface area contributed by atoms with Crippen LogP contribution in [0.15, 0.2) is 24.3 Å². The number of carboxylic acid groups (broad SMARTS) is 1. The number of carboxylic acids is 1. The number of hydrogen-bond donors (Lipinski definition) is 1. The number of ether oxygens (including phenoxy) is 1. The minimum absolute atomic E-state index is 0.371. The molecule has 1 N–H and O–H groups in total. The molecule has 2 aromatic rings. The van der Waals surface area contributed by atoms with Crippen LogP contribution in [0.25, 0.3) is 10.1 Å². The molecular formula is C16H19NO3S. The molecule has 0 unspecified atom stereocenters. The molecule has 1 aromatic carbocycles. The van der Waals surface area contributed by atoms with Crippen molar-refractivity contribution in [1.82, 2.24) is 4.90 Å². The van der Waals surface area contributed by atoms with Gasteiger partial charge in [0, 0.05) is 11.2 Å². The molecule has 0 atom stereocenters. The van der Waals surface area contributed by atoms with Crippen molar-refractivity contribution in [1.29, 1.82) is 0 Å². The lowest BCUT2D eigenvalue weighted by Crippen LogP contribution is -2.21. The van der Waals surface area contributed by atoms with Crippen LogP contribution in [0.3, 0.4) is 0 Å². The Balaban J connectivity index is 1.55. The molecule has 3 rings (SSSR count). The smallest absolute Gasteiger partial charge is 0.345 e. The molecule has 0 radical (unpaired) electrons. The molecule has 4 nitrogen and oxygen atoms in total. The summed E-state index contributed by atoms with van der Waals surface area (Å²) in [5, 5.41) is 9.95. The fraction of sp³-hybridized carbons (Fsp3) is 0.438. The Bertz CT molecular complexity index is 631. The highest BCUT2D eigenvalue weighted by molar-refractivity contribution is 7.20. The Morgan fingerprint density at radius 2 is 2.10 bits per heavy atom. The lowest BCUT2D eigenvalue weighted by molar-refractivity contribution is 0.0702. The zero-order valence-corrected chi connectivity index (χ0v) is 12.7. The fourth-order valence-corrected chi connectivity index (χ4v) is 3.58. The highest BCUT2D eigenvalue weighted by Crippen LogP contribution is 2.29. The van der Waals surface area contributed by atoms with E-state index in [1.807, 2.05) is 18.2 Å². The van der Waals surface area contributed by atoms with E-state index in [9.17, 15) is 4.79 Å². The number of likely N-dealkylation sites (tertiary alicyclic amines) is 1. The summed E-state index contributed by atoms with van der Waals surface area (Å²) in [5.74, 6) is -0.0528. The number of thiophene rings is 1. The molecule has 2 heterocycles. The second kappa shape index (κ2) is 6.45.